The molecule has 0 saturated carbocycles. The second-order valence-electron chi connectivity index (χ2n) is 5.57. The van der Waals surface area contributed by atoms with Crippen LogP contribution in [0.3, 0.4) is 0 Å². The van der Waals surface area contributed by atoms with Gasteiger partial charge in [-0.05, 0) is 53.2 Å². The Kier molecular flexibility index (Phi) is 4.26. The lowest BCUT2D eigenvalue weighted by molar-refractivity contribution is -0.137. The molecule has 3 aromatic carbocycles. The van der Waals surface area contributed by atoms with Crippen molar-refractivity contribution < 1.29 is 23.1 Å². The lowest BCUT2D eigenvalue weighted by Gasteiger charge is -2.12. The van der Waals surface area contributed by atoms with Crippen LogP contribution in [0.25, 0.3) is 10.8 Å². The minimum absolute atomic E-state index is 0.0389. The first kappa shape index (κ1) is 17.3. The van der Waals surface area contributed by atoms with E-state index in [1.807, 2.05) is 0 Å². The maximum Gasteiger partial charge on any atom is 0.417 e. The minimum Gasteiger partial charge on any atom is -0.508 e. The Labute approximate surface area is 146 Å². The van der Waals surface area contributed by atoms with Crippen molar-refractivity contribution >= 4 is 22.4 Å². The molecule has 0 aliphatic carbocycles. The maximum atomic E-state index is 13.0. The van der Waals surface area contributed by atoms with Crippen molar-refractivity contribution in [2.75, 3.05) is 5.32 Å². The summed E-state index contributed by atoms with van der Waals surface area (Å²) in [5, 5.41) is 22.1. The van der Waals surface area contributed by atoms with Gasteiger partial charge in [0.2, 0.25) is 0 Å². The van der Waals surface area contributed by atoms with Gasteiger partial charge in [-0.2, -0.15) is 18.4 Å². The number of carbonyl (C=O) groups is 1. The van der Waals surface area contributed by atoms with Crippen LogP contribution in [0.15, 0.2) is 54.6 Å². The molecule has 130 valence electrons. The van der Waals surface area contributed by atoms with E-state index in [1.54, 1.807) is 12.1 Å². The molecule has 0 saturated heterocycles. The quantitative estimate of drug-likeness (QED) is 0.700. The molecule has 0 heterocycles. The average molecular weight is 356 g/mol. The number of phenolic OH excluding ortho intramolecular Hbond substituents is 1. The predicted octanol–water partition coefficient (Wildman–Crippen LogP) is 4.69. The summed E-state index contributed by atoms with van der Waals surface area (Å²) in [6.07, 6.45) is -4.70. The van der Waals surface area contributed by atoms with E-state index in [9.17, 15) is 23.1 Å². The van der Waals surface area contributed by atoms with Gasteiger partial charge in [0.1, 0.15) is 5.75 Å². The summed E-state index contributed by atoms with van der Waals surface area (Å²) < 4.78 is 39.0. The van der Waals surface area contributed by atoms with Crippen LogP contribution >= 0.6 is 0 Å². The number of aromatic hydroxyl groups is 1. The number of anilines is 1. The van der Waals surface area contributed by atoms with Crippen LogP contribution in [-0.4, -0.2) is 11.0 Å². The fraction of sp³-hybridized carbons (Fsp3) is 0.0526. The van der Waals surface area contributed by atoms with Crippen molar-refractivity contribution in [1.29, 1.82) is 5.26 Å². The number of halogens is 3. The van der Waals surface area contributed by atoms with E-state index in [2.05, 4.69) is 5.32 Å². The Morgan fingerprint density at radius 3 is 2.42 bits per heavy atom. The molecule has 26 heavy (non-hydrogen) atoms. The highest BCUT2D eigenvalue weighted by Crippen LogP contribution is 2.33. The summed E-state index contributed by atoms with van der Waals surface area (Å²) in [5.74, 6) is -0.565. The topological polar surface area (TPSA) is 73.1 Å². The van der Waals surface area contributed by atoms with Crippen molar-refractivity contribution in [2.45, 2.75) is 6.18 Å². The molecule has 0 radical (unpaired) electrons. The second kappa shape index (κ2) is 6.41. The van der Waals surface area contributed by atoms with E-state index in [0.29, 0.717) is 5.39 Å². The zero-order valence-corrected chi connectivity index (χ0v) is 13.1. The summed E-state index contributed by atoms with van der Waals surface area (Å²) in [6.45, 7) is 0. The van der Waals surface area contributed by atoms with E-state index >= 15 is 0 Å². The highest BCUT2D eigenvalue weighted by atomic mass is 19.4. The summed E-state index contributed by atoms with van der Waals surface area (Å²) in [5.41, 5.74) is -1.48. The summed E-state index contributed by atoms with van der Waals surface area (Å²) >= 11 is 0. The number of amides is 1. The molecule has 0 aromatic heterocycles. The van der Waals surface area contributed by atoms with Crippen LogP contribution in [0.2, 0.25) is 0 Å². The molecule has 4 nitrogen and oxygen atoms in total. The van der Waals surface area contributed by atoms with Crippen molar-refractivity contribution in [2.24, 2.45) is 0 Å². The van der Waals surface area contributed by atoms with Crippen LogP contribution in [0.4, 0.5) is 18.9 Å². The normalized spacial score (nSPS) is 11.2. The Hall–Kier alpha value is -3.53. The van der Waals surface area contributed by atoms with Gasteiger partial charge >= 0.3 is 6.18 Å². The smallest absolute Gasteiger partial charge is 0.417 e. The van der Waals surface area contributed by atoms with E-state index < -0.39 is 23.2 Å². The molecular weight excluding hydrogens is 345 g/mol. The number of benzene rings is 3. The average Bonchev–Trinajstić information content (AvgIpc) is 2.60. The molecule has 0 aliphatic rings. The lowest BCUT2D eigenvalue weighted by atomic mass is 10.1. The largest absolute Gasteiger partial charge is 0.508 e. The number of rotatable bonds is 2. The maximum absolute atomic E-state index is 13.0. The first-order valence-corrected chi connectivity index (χ1v) is 7.43. The number of carbonyl (C=O) groups excluding carboxylic acids is 1. The predicted molar refractivity (Wildman–Crippen MR) is 89.7 cm³/mol. The molecule has 0 bridgehead atoms. The van der Waals surface area contributed by atoms with Gasteiger partial charge in [-0.1, -0.05) is 12.1 Å². The monoisotopic (exact) mass is 356 g/mol. The number of hydrogen-bond acceptors (Lipinski definition) is 3. The summed E-state index contributed by atoms with van der Waals surface area (Å²) in [6, 6.07) is 13.9. The van der Waals surface area contributed by atoms with Gasteiger partial charge in [0.15, 0.2) is 0 Å². The van der Waals surface area contributed by atoms with Crippen molar-refractivity contribution in [3.05, 3.63) is 71.3 Å². The molecule has 2 N–H and O–H groups in total. The molecular formula is C19H11F3N2O2. The number of phenols is 1. The molecule has 7 heteroatoms. The van der Waals surface area contributed by atoms with Gasteiger partial charge in [0, 0.05) is 11.3 Å². The molecule has 0 spiro atoms. The molecule has 0 unspecified atom stereocenters. The summed E-state index contributed by atoms with van der Waals surface area (Å²) in [4.78, 5) is 12.3. The Morgan fingerprint density at radius 2 is 1.73 bits per heavy atom. The number of hydrogen-bond donors (Lipinski definition) is 2. The molecule has 0 aliphatic heterocycles. The van der Waals surface area contributed by atoms with Gasteiger partial charge in [-0.3, -0.25) is 4.79 Å². The van der Waals surface area contributed by atoms with Crippen LogP contribution < -0.4 is 5.32 Å². The molecule has 3 rings (SSSR count). The third kappa shape index (κ3) is 3.44. The standard InChI is InChI=1S/C19H11F3N2O2/c20-19(21,22)17-9-15(5-3-13(17)10-23)24-18(26)12-2-1-11-4-6-16(25)8-14(11)7-12/h1-9,25H,(H,24,26). The number of alkyl halides is 3. The Balaban J connectivity index is 1.92. The Morgan fingerprint density at radius 1 is 1.00 bits per heavy atom. The second-order valence-corrected chi connectivity index (χ2v) is 5.57. The lowest BCUT2D eigenvalue weighted by Crippen LogP contribution is -2.14. The summed E-state index contributed by atoms with van der Waals surface area (Å²) in [7, 11) is 0. The molecule has 0 atom stereocenters. The first-order chi connectivity index (χ1) is 12.3. The van der Waals surface area contributed by atoms with E-state index in [0.717, 1.165) is 17.5 Å². The fourth-order valence-corrected chi connectivity index (χ4v) is 2.53. The van der Waals surface area contributed by atoms with Crippen LogP contribution in [0.5, 0.6) is 5.75 Å². The number of nitrogens with one attached hydrogen (secondary N) is 1. The number of nitriles is 1. The fourth-order valence-electron chi connectivity index (χ4n) is 2.53. The van der Waals surface area contributed by atoms with Crippen LogP contribution in [-0.2, 0) is 6.18 Å². The highest BCUT2D eigenvalue weighted by Gasteiger charge is 2.34. The third-order valence-electron chi connectivity index (χ3n) is 3.79. The number of nitrogens with zero attached hydrogens (tertiary/aromatic N) is 1. The highest BCUT2D eigenvalue weighted by molar-refractivity contribution is 6.06. The van der Waals surface area contributed by atoms with Gasteiger partial charge in [-0.15, -0.1) is 0 Å². The molecule has 3 aromatic rings. The van der Waals surface area contributed by atoms with Gasteiger partial charge in [0.25, 0.3) is 5.91 Å². The molecule has 0 fully saturated rings. The van der Waals surface area contributed by atoms with Gasteiger partial charge in [-0.25, -0.2) is 0 Å². The Bertz CT molecular complexity index is 1050. The van der Waals surface area contributed by atoms with Crippen LogP contribution in [0.1, 0.15) is 21.5 Å². The van der Waals surface area contributed by atoms with Crippen LogP contribution in [0, 0.1) is 11.3 Å². The van der Waals surface area contributed by atoms with Crippen molar-refractivity contribution in [1.82, 2.24) is 0 Å². The van der Waals surface area contributed by atoms with E-state index in [4.69, 9.17) is 5.26 Å². The van der Waals surface area contributed by atoms with Gasteiger partial charge < -0.3 is 10.4 Å². The van der Waals surface area contributed by atoms with Gasteiger partial charge in [0.05, 0.1) is 17.2 Å². The molecule has 1 amide bonds. The third-order valence-corrected chi connectivity index (χ3v) is 3.79. The minimum atomic E-state index is -4.70. The zero-order valence-electron chi connectivity index (χ0n) is 13.1. The van der Waals surface area contributed by atoms with Crippen molar-refractivity contribution in [3.8, 4) is 11.8 Å². The first-order valence-electron chi connectivity index (χ1n) is 7.43. The zero-order chi connectivity index (χ0) is 18.9. The van der Waals surface area contributed by atoms with Crippen molar-refractivity contribution in [3.63, 3.8) is 0 Å². The SMILES string of the molecule is N#Cc1ccc(NC(=O)c2ccc3ccc(O)cc3c2)cc1C(F)(F)F. The van der Waals surface area contributed by atoms with E-state index in [1.165, 1.54) is 36.4 Å². The number of fused-ring (bicyclic) bond motifs is 1. The van der Waals surface area contributed by atoms with E-state index in [-0.39, 0.29) is 17.0 Å².